The second kappa shape index (κ2) is 6.15. The molecule has 3 aromatic heterocycles. The van der Waals surface area contributed by atoms with Crippen LogP contribution < -0.4 is 14.8 Å². The highest BCUT2D eigenvalue weighted by Gasteiger charge is 2.32. The number of rotatable bonds is 1. The molecule has 9 nitrogen and oxygen atoms in total. The maximum Gasteiger partial charge on any atom is 0.173 e. The fourth-order valence-corrected chi connectivity index (χ4v) is 4.30. The van der Waals surface area contributed by atoms with Crippen LogP contribution in [-0.2, 0) is 13.6 Å². The molecule has 0 bridgehead atoms. The number of halogens is 1. The maximum absolute atomic E-state index is 14.7. The van der Waals surface area contributed by atoms with Gasteiger partial charge in [0.25, 0.3) is 0 Å². The van der Waals surface area contributed by atoms with Crippen LogP contribution in [0.25, 0.3) is 17.0 Å². The molecular weight excluding hydrogens is 389 g/mol. The number of pyridine rings is 1. The number of hydrogen-bond acceptors (Lipinski definition) is 7. The summed E-state index contributed by atoms with van der Waals surface area (Å²) in [5.41, 5.74) is 2.84. The average Bonchev–Trinajstić information content (AvgIpc) is 3.44. The van der Waals surface area contributed by atoms with Crippen LogP contribution in [0.4, 0.5) is 10.2 Å². The summed E-state index contributed by atoms with van der Waals surface area (Å²) >= 11 is 0. The fraction of sp³-hybridized carbons (Fsp3) is 0.300. The van der Waals surface area contributed by atoms with Crippen LogP contribution >= 0.6 is 0 Å². The van der Waals surface area contributed by atoms with Crippen LogP contribution in [0.5, 0.6) is 11.5 Å². The van der Waals surface area contributed by atoms with Gasteiger partial charge in [0.1, 0.15) is 23.7 Å². The van der Waals surface area contributed by atoms with Crippen molar-refractivity contribution < 1.29 is 13.9 Å². The maximum atomic E-state index is 14.7. The summed E-state index contributed by atoms with van der Waals surface area (Å²) in [5, 5.41) is 16.0. The Balaban J connectivity index is 1.53. The fourth-order valence-electron chi connectivity index (χ4n) is 4.30. The van der Waals surface area contributed by atoms with Gasteiger partial charge in [0.05, 0.1) is 24.7 Å². The van der Waals surface area contributed by atoms with Crippen molar-refractivity contribution in [1.29, 1.82) is 0 Å². The SMILES string of the molecule is Cc1nc(-c2cc3c(n4cnnc24)NCc2c(F)ccc4c2[C@H](CO4)CO3)n(C)n1. The van der Waals surface area contributed by atoms with E-state index in [4.69, 9.17) is 9.47 Å². The van der Waals surface area contributed by atoms with Gasteiger partial charge in [-0.1, -0.05) is 0 Å². The number of nitrogens with one attached hydrogen (secondary N) is 1. The number of fused-ring (bicyclic) bond motifs is 3. The van der Waals surface area contributed by atoms with Crippen molar-refractivity contribution in [2.45, 2.75) is 19.4 Å². The highest BCUT2D eigenvalue weighted by Crippen LogP contribution is 2.41. The molecule has 0 fully saturated rings. The molecule has 5 heterocycles. The van der Waals surface area contributed by atoms with Crippen LogP contribution in [0.3, 0.4) is 0 Å². The molecular formula is C20H18FN7O2. The van der Waals surface area contributed by atoms with Crippen LogP contribution in [0, 0.1) is 12.7 Å². The van der Waals surface area contributed by atoms with E-state index in [1.807, 2.05) is 20.0 Å². The molecule has 2 aliphatic heterocycles. The first-order chi connectivity index (χ1) is 14.6. The topological polar surface area (TPSA) is 91.4 Å². The first-order valence-corrected chi connectivity index (χ1v) is 9.65. The van der Waals surface area contributed by atoms with E-state index in [9.17, 15) is 4.39 Å². The number of aromatic nitrogens is 6. The molecule has 6 rings (SSSR count). The summed E-state index contributed by atoms with van der Waals surface area (Å²) in [7, 11) is 1.83. The number of ether oxygens (including phenoxy) is 2. The van der Waals surface area contributed by atoms with E-state index in [0.717, 1.165) is 16.9 Å². The highest BCUT2D eigenvalue weighted by molar-refractivity contribution is 5.78. The van der Waals surface area contributed by atoms with Gasteiger partial charge in [-0.05, 0) is 25.1 Å². The van der Waals surface area contributed by atoms with Crippen molar-refractivity contribution in [3.63, 3.8) is 0 Å². The molecule has 10 heteroatoms. The Labute approximate surface area is 170 Å². The van der Waals surface area contributed by atoms with Gasteiger partial charge in [0, 0.05) is 24.7 Å². The molecule has 1 N–H and O–H groups in total. The smallest absolute Gasteiger partial charge is 0.173 e. The summed E-state index contributed by atoms with van der Waals surface area (Å²) in [6, 6.07) is 5.02. The summed E-state index contributed by atoms with van der Waals surface area (Å²) in [4.78, 5) is 4.53. The van der Waals surface area contributed by atoms with Gasteiger partial charge in [-0.3, -0.25) is 4.40 Å². The van der Waals surface area contributed by atoms with Gasteiger partial charge in [-0.25, -0.2) is 14.1 Å². The Hall–Kier alpha value is -3.69. The monoisotopic (exact) mass is 407 g/mol. The molecule has 0 spiro atoms. The number of aryl methyl sites for hydroxylation is 2. The van der Waals surface area contributed by atoms with Gasteiger partial charge in [0.15, 0.2) is 23.0 Å². The van der Waals surface area contributed by atoms with Gasteiger partial charge in [-0.2, -0.15) is 5.10 Å². The van der Waals surface area contributed by atoms with Crippen molar-refractivity contribution in [3.8, 4) is 22.9 Å². The van der Waals surface area contributed by atoms with E-state index in [-0.39, 0.29) is 11.7 Å². The van der Waals surface area contributed by atoms with Crippen molar-refractivity contribution >= 4 is 11.5 Å². The van der Waals surface area contributed by atoms with Crippen molar-refractivity contribution in [2.75, 3.05) is 18.5 Å². The van der Waals surface area contributed by atoms with Crippen molar-refractivity contribution in [3.05, 3.63) is 47.3 Å². The van der Waals surface area contributed by atoms with E-state index in [1.165, 1.54) is 6.07 Å². The number of nitrogens with zero attached hydrogens (tertiary/aromatic N) is 6. The average molecular weight is 407 g/mol. The Morgan fingerprint density at radius 1 is 1.20 bits per heavy atom. The Bertz CT molecular complexity index is 1310. The molecule has 0 unspecified atom stereocenters. The zero-order valence-corrected chi connectivity index (χ0v) is 16.4. The van der Waals surface area contributed by atoms with Crippen LogP contribution in [0.1, 0.15) is 22.9 Å². The molecule has 0 aliphatic carbocycles. The lowest BCUT2D eigenvalue weighted by molar-refractivity contribution is 0.249. The molecule has 2 aliphatic rings. The second-order valence-corrected chi connectivity index (χ2v) is 7.51. The number of anilines is 1. The minimum Gasteiger partial charge on any atom is -0.493 e. The third-order valence-electron chi connectivity index (χ3n) is 5.63. The van der Waals surface area contributed by atoms with Gasteiger partial charge >= 0.3 is 0 Å². The highest BCUT2D eigenvalue weighted by atomic mass is 19.1. The predicted molar refractivity (Wildman–Crippen MR) is 105 cm³/mol. The lowest BCUT2D eigenvalue weighted by atomic mass is 9.96. The van der Waals surface area contributed by atoms with Crippen molar-refractivity contribution in [2.24, 2.45) is 7.05 Å². The van der Waals surface area contributed by atoms with E-state index in [2.05, 4.69) is 25.6 Å². The summed E-state index contributed by atoms with van der Waals surface area (Å²) in [6.07, 6.45) is 1.61. The third kappa shape index (κ3) is 2.39. The molecule has 0 radical (unpaired) electrons. The molecule has 30 heavy (non-hydrogen) atoms. The zero-order valence-electron chi connectivity index (χ0n) is 16.4. The second-order valence-electron chi connectivity index (χ2n) is 7.51. The number of hydrogen-bond donors (Lipinski definition) is 1. The largest absolute Gasteiger partial charge is 0.493 e. The molecule has 0 amide bonds. The van der Waals surface area contributed by atoms with Crippen molar-refractivity contribution in [1.82, 2.24) is 29.4 Å². The first-order valence-electron chi connectivity index (χ1n) is 9.65. The zero-order chi connectivity index (χ0) is 20.4. The van der Waals surface area contributed by atoms with E-state index >= 15 is 0 Å². The van der Waals surface area contributed by atoms with E-state index < -0.39 is 0 Å². The Morgan fingerprint density at radius 3 is 2.83 bits per heavy atom. The quantitative estimate of drug-likeness (QED) is 0.518. The Morgan fingerprint density at radius 2 is 2.03 bits per heavy atom. The lowest BCUT2D eigenvalue weighted by Crippen LogP contribution is -2.13. The van der Waals surface area contributed by atoms with Crippen LogP contribution in [0.2, 0.25) is 0 Å². The standard InChI is InChI=1S/C20H18FN7O2/c1-10-24-18(27(2)26-10)12-5-16-20(28-9-23-25-19(12)28)22-6-13-14(21)3-4-15-17(13)11(7-29-15)8-30-16/h3-5,9,11,22H,6-8H2,1-2H3/t11-/m1/s1. The van der Waals surface area contributed by atoms with Crippen LogP contribution in [0.15, 0.2) is 24.5 Å². The first kappa shape index (κ1) is 17.2. The predicted octanol–water partition coefficient (Wildman–Crippen LogP) is 2.45. The summed E-state index contributed by atoms with van der Waals surface area (Å²) in [6.45, 7) is 2.96. The van der Waals surface area contributed by atoms with E-state index in [1.54, 1.807) is 21.5 Å². The van der Waals surface area contributed by atoms with E-state index in [0.29, 0.717) is 54.2 Å². The number of benzene rings is 1. The molecule has 0 saturated heterocycles. The minimum atomic E-state index is -0.258. The molecule has 1 aromatic carbocycles. The summed E-state index contributed by atoms with van der Waals surface area (Å²) < 4.78 is 30.2. The lowest BCUT2D eigenvalue weighted by Gasteiger charge is -2.16. The summed E-state index contributed by atoms with van der Waals surface area (Å²) in [5.74, 6) is 3.02. The molecule has 1 atom stereocenters. The van der Waals surface area contributed by atoms with Gasteiger partial charge in [0.2, 0.25) is 0 Å². The van der Waals surface area contributed by atoms with Gasteiger partial charge < -0.3 is 14.8 Å². The molecule has 152 valence electrons. The third-order valence-corrected chi connectivity index (χ3v) is 5.63. The minimum absolute atomic E-state index is 0.0458. The van der Waals surface area contributed by atoms with Crippen LogP contribution in [-0.4, -0.2) is 42.6 Å². The normalized spacial score (nSPS) is 17.2. The van der Waals surface area contributed by atoms with Gasteiger partial charge in [-0.15, -0.1) is 10.2 Å². The molecule has 0 saturated carbocycles. The Kier molecular flexibility index (Phi) is 3.53. The molecule has 4 aromatic rings.